The molecule has 1 unspecified atom stereocenters. The van der Waals surface area contributed by atoms with Crippen molar-refractivity contribution >= 4 is 11.6 Å². The van der Waals surface area contributed by atoms with Gasteiger partial charge in [0.2, 0.25) is 0 Å². The molecule has 0 bridgehead atoms. The molecule has 0 heterocycles. The van der Waals surface area contributed by atoms with Gasteiger partial charge in [-0.2, -0.15) is 0 Å². The van der Waals surface area contributed by atoms with E-state index >= 15 is 0 Å². The van der Waals surface area contributed by atoms with E-state index in [4.69, 9.17) is 11.6 Å². The molecule has 0 spiro atoms. The number of likely N-dealkylation sites (N-methyl/N-ethyl adjacent to an activating group) is 1. The van der Waals surface area contributed by atoms with Gasteiger partial charge < -0.3 is 5.32 Å². The molecule has 1 N–H and O–H groups in total. The number of nitrogens with one attached hydrogen (secondary N) is 1. The van der Waals surface area contributed by atoms with Crippen molar-refractivity contribution in [3.63, 3.8) is 0 Å². The zero-order chi connectivity index (χ0) is 15.1. The summed E-state index contributed by atoms with van der Waals surface area (Å²) in [6.07, 6.45) is 2.09. The Hall–Kier alpha value is -1.31. The van der Waals surface area contributed by atoms with E-state index in [1.54, 1.807) is 0 Å². The zero-order valence-electron chi connectivity index (χ0n) is 12.9. The molecule has 0 saturated heterocycles. The van der Waals surface area contributed by atoms with Gasteiger partial charge in [0.1, 0.15) is 0 Å². The highest BCUT2D eigenvalue weighted by molar-refractivity contribution is 6.30. The third kappa shape index (κ3) is 4.09. The van der Waals surface area contributed by atoms with Crippen LogP contribution in [0.4, 0.5) is 0 Å². The van der Waals surface area contributed by atoms with Crippen LogP contribution in [0.15, 0.2) is 54.6 Å². The van der Waals surface area contributed by atoms with Crippen molar-refractivity contribution < 1.29 is 0 Å². The summed E-state index contributed by atoms with van der Waals surface area (Å²) in [5, 5.41) is 4.35. The van der Waals surface area contributed by atoms with Gasteiger partial charge in [0.25, 0.3) is 0 Å². The lowest BCUT2D eigenvalue weighted by Gasteiger charge is -2.34. The van der Waals surface area contributed by atoms with Gasteiger partial charge >= 0.3 is 0 Å². The fourth-order valence-corrected chi connectivity index (χ4v) is 3.13. The smallest absolute Gasteiger partial charge is 0.0408 e. The molecule has 2 heteroatoms. The van der Waals surface area contributed by atoms with Crippen LogP contribution >= 0.6 is 11.6 Å². The third-order valence-corrected chi connectivity index (χ3v) is 4.44. The van der Waals surface area contributed by atoms with Crippen LogP contribution in [-0.4, -0.2) is 13.1 Å². The summed E-state index contributed by atoms with van der Waals surface area (Å²) in [4.78, 5) is 0. The van der Waals surface area contributed by atoms with Crippen molar-refractivity contribution in [1.29, 1.82) is 0 Å². The molecular weight excluding hydrogens is 278 g/mol. The van der Waals surface area contributed by atoms with Gasteiger partial charge in [0.05, 0.1) is 0 Å². The van der Waals surface area contributed by atoms with E-state index in [0.717, 1.165) is 31.0 Å². The maximum absolute atomic E-state index is 6.15. The Morgan fingerprint density at radius 3 is 2.38 bits per heavy atom. The molecule has 0 amide bonds. The highest BCUT2D eigenvalue weighted by Crippen LogP contribution is 2.32. The molecule has 112 valence electrons. The fraction of sp³-hybridized carbons (Fsp3) is 0.368. The van der Waals surface area contributed by atoms with Gasteiger partial charge in [-0.3, -0.25) is 0 Å². The maximum atomic E-state index is 6.15. The van der Waals surface area contributed by atoms with E-state index in [1.165, 1.54) is 11.1 Å². The molecule has 21 heavy (non-hydrogen) atoms. The summed E-state index contributed by atoms with van der Waals surface area (Å²) in [7, 11) is 0. The van der Waals surface area contributed by atoms with E-state index in [-0.39, 0.29) is 5.41 Å². The van der Waals surface area contributed by atoms with Crippen LogP contribution in [0.25, 0.3) is 0 Å². The minimum Gasteiger partial charge on any atom is -0.316 e. The Morgan fingerprint density at radius 2 is 1.76 bits per heavy atom. The topological polar surface area (TPSA) is 12.0 Å². The van der Waals surface area contributed by atoms with Crippen molar-refractivity contribution in [2.24, 2.45) is 0 Å². The lowest BCUT2D eigenvalue weighted by molar-refractivity contribution is 0.382. The van der Waals surface area contributed by atoms with Crippen molar-refractivity contribution in [2.75, 3.05) is 13.1 Å². The molecule has 0 saturated carbocycles. The number of benzene rings is 2. The lowest BCUT2D eigenvalue weighted by atomic mass is 9.73. The van der Waals surface area contributed by atoms with E-state index in [0.29, 0.717) is 0 Å². The average Bonchev–Trinajstić information content (AvgIpc) is 2.52. The van der Waals surface area contributed by atoms with Gasteiger partial charge in [-0.15, -0.1) is 0 Å². The Balaban J connectivity index is 2.35. The molecule has 1 atom stereocenters. The monoisotopic (exact) mass is 301 g/mol. The average molecular weight is 302 g/mol. The lowest BCUT2D eigenvalue weighted by Crippen LogP contribution is -2.39. The minimum atomic E-state index is 0.113. The highest BCUT2D eigenvalue weighted by atomic mass is 35.5. The summed E-state index contributed by atoms with van der Waals surface area (Å²) in [5.74, 6) is 0. The first-order valence-electron chi connectivity index (χ1n) is 7.71. The number of hydrogen-bond acceptors (Lipinski definition) is 1. The van der Waals surface area contributed by atoms with Crippen LogP contribution in [-0.2, 0) is 11.8 Å². The molecule has 1 nitrogen and oxygen atoms in total. The highest BCUT2D eigenvalue weighted by Gasteiger charge is 2.30. The SMILES string of the molecule is CCNCC(CC)(Cc1cccc(Cl)c1)c1ccccc1. The molecule has 0 radical (unpaired) electrons. The molecule has 2 rings (SSSR count). The predicted octanol–water partition coefficient (Wildman–Crippen LogP) is 4.84. The second-order valence-electron chi connectivity index (χ2n) is 5.59. The van der Waals surface area contributed by atoms with E-state index < -0.39 is 0 Å². The van der Waals surface area contributed by atoms with Crippen molar-refractivity contribution in [3.8, 4) is 0 Å². The van der Waals surface area contributed by atoms with E-state index in [2.05, 4.69) is 61.6 Å². The minimum absolute atomic E-state index is 0.113. The van der Waals surface area contributed by atoms with Crippen LogP contribution < -0.4 is 5.32 Å². The zero-order valence-corrected chi connectivity index (χ0v) is 13.7. The predicted molar refractivity (Wildman–Crippen MR) is 92.1 cm³/mol. The van der Waals surface area contributed by atoms with Crippen LogP contribution in [0.5, 0.6) is 0 Å². The third-order valence-electron chi connectivity index (χ3n) is 4.21. The summed E-state index contributed by atoms with van der Waals surface area (Å²) in [5.41, 5.74) is 2.81. The maximum Gasteiger partial charge on any atom is 0.0408 e. The van der Waals surface area contributed by atoms with Crippen LogP contribution in [0.1, 0.15) is 31.4 Å². The van der Waals surface area contributed by atoms with E-state index in [1.807, 2.05) is 12.1 Å². The van der Waals surface area contributed by atoms with Crippen LogP contribution in [0, 0.1) is 0 Å². The van der Waals surface area contributed by atoms with Gasteiger partial charge in [0, 0.05) is 17.0 Å². The largest absolute Gasteiger partial charge is 0.316 e. The molecule has 2 aromatic rings. The van der Waals surface area contributed by atoms with Crippen molar-refractivity contribution in [3.05, 3.63) is 70.7 Å². The number of hydrogen-bond donors (Lipinski definition) is 1. The first-order valence-corrected chi connectivity index (χ1v) is 8.08. The fourth-order valence-electron chi connectivity index (χ4n) is 2.91. The van der Waals surface area contributed by atoms with Gasteiger partial charge in [-0.1, -0.05) is 67.9 Å². The Kier molecular flexibility index (Phi) is 5.84. The number of rotatable bonds is 7. The van der Waals surface area contributed by atoms with Crippen molar-refractivity contribution in [1.82, 2.24) is 5.32 Å². The standard InChI is InChI=1S/C19H24ClN/c1-3-19(15-21-4-2,17-10-6-5-7-11-17)14-16-9-8-12-18(20)13-16/h5-13,21H,3-4,14-15H2,1-2H3. The van der Waals surface area contributed by atoms with Crippen molar-refractivity contribution in [2.45, 2.75) is 32.1 Å². The Labute approximate surface area is 133 Å². The van der Waals surface area contributed by atoms with E-state index in [9.17, 15) is 0 Å². The van der Waals surface area contributed by atoms with Gasteiger partial charge in [-0.25, -0.2) is 0 Å². The molecule has 0 aliphatic rings. The van der Waals surface area contributed by atoms with Gasteiger partial charge in [-0.05, 0) is 42.6 Å². The normalized spacial score (nSPS) is 13.9. The second-order valence-corrected chi connectivity index (χ2v) is 6.02. The molecular formula is C19H24ClN. The number of halogens is 1. The quantitative estimate of drug-likeness (QED) is 0.771. The summed E-state index contributed by atoms with van der Waals surface area (Å²) >= 11 is 6.15. The summed E-state index contributed by atoms with van der Waals surface area (Å²) in [6, 6.07) is 19.1. The summed E-state index contributed by atoms with van der Waals surface area (Å²) < 4.78 is 0. The molecule has 2 aromatic carbocycles. The molecule has 0 aliphatic carbocycles. The van der Waals surface area contributed by atoms with Crippen LogP contribution in [0.3, 0.4) is 0 Å². The van der Waals surface area contributed by atoms with Crippen LogP contribution in [0.2, 0.25) is 5.02 Å². The van der Waals surface area contributed by atoms with Gasteiger partial charge in [0.15, 0.2) is 0 Å². The Morgan fingerprint density at radius 1 is 1.00 bits per heavy atom. The first-order chi connectivity index (χ1) is 10.2. The first kappa shape index (κ1) is 16.1. The Bertz CT molecular complexity index is 553. The molecule has 0 aliphatic heterocycles. The summed E-state index contributed by atoms with van der Waals surface area (Å²) in [6.45, 7) is 6.40. The molecule has 0 fully saturated rings. The second kappa shape index (κ2) is 7.63. The molecule has 0 aromatic heterocycles.